The number of hydrogen-bond acceptors (Lipinski definition) is 2. The molecule has 0 atom stereocenters. The van der Waals surface area contributed by atoms with Crippen LogP contribution in [0.1, 0.15) is 15.9 Å². The zero-order chi connectivity index (χ0) is 16.9. The number of piperazine rings is 1. The molecule has 1 amide bonds. The summed E-state index contributed by atoms with van der Waals surface area (Å²) in [5.74, 6) is 0.856. The van der Waals surface area contributed by atoms with Gasteiger partial charge in [0.05, 0.1) is 33.3 Å². The Bertz CT molecular complexity index is 695. The third-order valence-electron chi connectivity index (χ3n) is 4.49. The minimum atomic E-state index is 0.0921. The number of nitrogens with one attached hydrogen (secondary N) is 1. The Morgan fingerprint density at radius 1 is 1.12 bits per heavy atom. The molecule has 1 N–H and O–H groups in total. The molecule has 2 aromatic rings. The van der Waals surface area contributed by atoms with Crippen LogP contribution in [0.4, 0.5) is 0 Å². The van der Waals surface area contributed by atoms with E-state index < -0.39 is 0 Å². The summed E-state index contributed by atoms with van der Waals surface area (Å²) >= 11 is 6.24. The molecule has 1 fully saturated rings. The van der Waals surface area contributed by atoms with Crippen molar-refractivity contribution in [3.05, 3.63) is 64.7 Å². The summed E-state index contributed by atoms with van der Waals surface area (Å²) < 4.78 is 5.14. The van der Waals surface area contributed by atoms with Crippen molar-refractivity contribution in [1.82, 2.24) is 4.90 Å². The summed E-state index contributed by atoms with van der Waals surface area (Å²) in [4.78, 5) is 16.0. The number of benzene rings is 2. The van der Waals surface area contributed by atoms with Crippen LogP contribution in [0.2, 0.25) is 5.02 Å². The number of carbonyl (C=O) groups is 1. The van der Waals surface area contributed by atoms with Crippen LogP contribution < -0.4 is 9.64 Å². The first-order valence-electron chi connectivity index (χ1n) is 8.17. The SMILES string of the molecule is COc1ccc(C(=O)N2CC[NH+](Cc3ccccc3Cl)CC2)cc1. The van der Waals surface area contributed by atoms with Crippen LogP contribution in [-0.4, -0.2) is 44.1 Å². The predicted octanol–water partition coefficient (Wildman–Crippen LogP) is 1.89. The lowest BCUT2D eigenvalue weighted by atomic mass is 10.1. The first kappa shape index (κ1) is 16.8. The summed E-state index contributed by atoms with van der Waals surface area (Å²) in [5, 5.41) is 0.821. The Labute approximate surface area is 147 Å². The Hall–Kier alpha value is -2.04. The summed E-state index contributed by atoms with van der Waals surface area (Å²) in [6.07, 6.45) is 0. The lowest BCUT2D eigenvalue weighted by Gasteiger charge is -2.32. The van der Waals surface area contributed by atoms with E-state index in [4.69, 9.17) is 16.3 Å². The van der Waals surface area contributed by atoms with Gasteiger partial charge in [-0.05, 0) is 30.3 Å². The van der Waals surface area contributed by atoms with E-state index >= 15 is 0 Å². The summed E-state index contributed by atoms with van der Waals surface area (Å²) in [6, 6.07) is 15.3. The van der Waals surface area contributed by atoms with Crippen LogP contribution in [-0.2, 0) is 6.54 Å². The molecule has 1 heterocycles. The van der Waals surface area contributed by atoms with Crippen molar-refractivity contribution >= 4 is 17.5 Å². The Morgan fingerprint density at radius 2 is 1.79 bits per heavy atom. The molecule has 0 saturated carbocycles. The van der Waals surface area contributed by atoms with Gasteiger partial charge in [0.2, 0.25) is 0 Å². The molecule has 0 radical (unpaired) electrons. The van der Waals surface area contributed by atoms with Crippen molar-refractivity contribution in [2.24, 2.45) is 0 Å². The van der Waals surface area contributed by atoms with Gasteiger partial charge in [-0.1, -0.05) is 29.8 Å². The maximum Gasteiger partial charge on any atom is 0.254 e. The van der Waals surface area contributed by atoms with Crippen molar-refractivity contribution in [1.29, 1.82) is 0 Å². The minimum absolute atomic E-state index is 0.0921. The maximum absolute atomic E-state index is 12.6. The summed E-state index contributed by atoms with van der Waals surface area (Å²) in [6.45, 7) is 4.32. The van der Waals surface area contributed by atoms with E-state index in [1.807, 2.05) is 47.4 Å². The van der Waals surface area contributed by atoms with Gasteiger partial charge >= 0.3 is 0 Å². The number of ether oxygens (including phenoxy) is 1. The number of hydrogen-bond donors (Lipinski definition) is 1. The summed E-state index contributed by atoms with van der Waals surface area (Å²) in [5.41, 5.74) is 1.88. The average Bonchev–Trinajstić information content (AvgIpc) is 2.64. The molecule has 126 valence electrons. The van der Waals surface area contributed by atoms with Gasteiger partial charge in [-0.25, -0.2) is 0 Å². The highest BCUT2D eigenvalue weighted by Crippen LogP contribution is 2.14. The topological polar surface area (TPSA) is 34.0 Å². The van der Waals surface area contributed by atoms with Crippen molar-refractivity contribution in [2.75, 3.05) is 33.3 Å². The number of nitrogens with zero attached hydrogens (tertiary/aromatic N) is 1. The molecule has 1 saturated heterocycles. The summed E-state index contributed by atoms with van der Waals surface area (Å²) in [7, 11) is 1.62. The van der Waals surface area contributed by atoms with E-state index in [2.05, 4.69) is 6.07 Å². The van der Waals surface area contributed by atoms with Gasteiger partial charge in [0.1, 0.15) is 12.3 Å². The van der Waals surface area contributed by atoms with E-state index in [-0.39, 0.29) is 5.91 Å². The van der Waals surface area contributed by atoms with Gasteiger partial charge in [-0.2, -0.15) is 0 Å². The predicted molar refractivity (Wildman–Crippen MR) is 94.8 cm³/mol. The largest absolute Gasteiger partial charge is 0.497 e. The van der Waals surface area contributed by atoms with Crippen molar-refractivity contribution in [2.45, 2.75) is 6.54 Å². The number of rotatable bonds is 4. The van der Waals surface area contributed by atoms with Crippen LogP contribution in [0.15, 0.2) is 48.5 Å². The fourth-order valence-electron chi connectivity index (χ4n) is 3.03. The van der Waals surface area contributed by atoms with Crippen LogP contribution in [0.25, 0.3) is 0 Å². The maximum atomic E-state index is 12.6. The van der Waals surface area contributed by atoms with Gasteiger partial charge < -0.3 is 14.5 Å². The first-order valence-corrected chi connectivity index (χ1v) is 8.55. The molecule has 0 spiro atoms. The van der Waals surface area contributed by atoms with Crippen LogP contribution in [0.5, 0.6) is 5.75 Å². The second-order valence-corrected chi connectivity index (χ2v) is 6.45. The average molecular weight is 346 g/mol. The molecule has 4 nitrogen and oxygen atoms in total. The highest BCUT2D eigenvalue weighted by Gasteiger charge is 2.25. The van der Waals surface area contributed by atoms with Crippen LogP contribution in [0, 0.1) is 0 Å². The fourth-order valence-corrected chi connectivity index (χ4v) is 3.23. The standard InChI is InChI=1S/C19H21ClN2O2/c1-24-17-8-6-15(7-9-17)19(23)22-12-10-21(11-13-22)14-16-4-2-3-5-18(16)20/h2-9H,10-14H2,1H3/p+1. The highest BCUT2D eigenvalue weighted by molar-refractivity contribution is 6.31. The van der Waals surface area contributed by atoms with Gasteiger partial charge in [0.15, 0.2) is 0 Å². The zero-order valence-corrected chi connectivity index (χ0v) is 14.6. The molecule has 1 aliphatic heterocycles. The van der Waals surface area contributed by atoms with E-state index in [1.165, 1.54) is 10.5 Å². The number of methoxy groups -OCH3 is 1. The number of halogens is 1. The lowest BCUT2D eigenvalue weighted by molar-refractivity contribution is -0.917. The molecule has 24 heavy (non-hydrogen) atoms. The molecule has 0 unspecified atom stereocenters. The smallest absolute Gasteiger partial charge is 0.254 e. The highest BCUT2D eigenvalue weighted by atomic mass is 35.5. The zero-order valence-electron chi connectivity index (χ0n) is 13.8. The Morgan fingerprint density at radius 3 is 2.42 bits per heavy atom. The quantitative estimate of drug-likeness (QED) is 0.918. The van der Waals surface area contributed by atoms with Gasteiger partial charge in [0, 0.05) is 16.1 Å². The molecule has 0 aliphatic carbocycles. The number of quaternary nitrogens is 1. The van der Waals surface area contributed by atoms with Crippen molar-refractivity contribution < 1.29 is 14.4 Å². The monoisotopic (exact) mass is 345 g/mol. The van der Waals surface area contributed by atoms with Gasteiger partial charge in [-0.3, -0.25) is 4.79 Å². The third-order valence-corrected chi connectivity index (χ3v) is 4.86. The first-order chi connectivity index (χ1) is 11.7. The van der Waals surface area contributed by atoms with E-state index in [1.54, 1.807) is 7.11 Å². The van der Waals surface area contributed by atoms with Gasteiger partial charge in [-0.15, -0.1) is 0 Å². The Balaban J connectivity index is 1.56. The second kappa shape index (κ2) is 7.69. The molecule has 5 heteroatoms. The van der Waals surface area contributed by atoms with Crippen molar-refractivity contribution in [3.8, 4) is 5.75 Å². The molecule has 0 aromatic heterocycles. The van der Waals surface area contributed by atoms with E-state index in [0.29, 0.717) is 5.56 Å². The van der Waals surface area contributed by atoms with Gasteiger partial charge in [0.25, 0.3) is 5.91 Å². The van der Waals surface area contributed by atoms with Crippen LogP contribution in [0.3, 0.4) is 0 Å². The molecule has 0 bridgehead atoms. The lowest BCUT2D eigenvalue weighted by Crippen LogP contribution is -3.13. The Kier molecular flexibility index (Phi) is 5.38. The van der Waals surface area contributed by atoms with E-state index in [9.17, 15) is 4.79 Å². The normalized spacial score (nSPS) is 15.3. The third kappa shape index (κ3) is 3.89. The van der Waals surface area contributed by atoms with Crippen LogP contribution >= 0.6 is 11.6 Å². The second-order valence-electron chi connectivity index (χ2n) is 6.04. The number of carbonyl (C=O) groups excluding carboxylic acids is 1. The molecule has 1 aliphatic rings. The number of amides is 1. The molecule has 3 rings (SSSR count). The van der Waals surface area contributed by atoms with E-state index in [0.717, 1.165) is 43.5 Å². The minimum Gasteiger partial charge on any atom is -0.497 e. The molecular formula is C19H22ClN2O2+. The fraction of sp³-hybridized carbons (Fsp3) is 0.316. The molecule has 2 aromatic carbocycles. The molecular weight excluding hydrogens is 324 g/mol. The van der Waals surface area contributed by atoms with Crippen molar-refractivity contribution in [3.63, 3.8) is 0 Å².